The number of hydrogen-bond donors (Lipinski definition) is 1. The number of rotatable bonds is 2. The van der Waals surface area contributed by atoms with E-state index in [2.05, 4.69) is 13.8 Å². The Bertz CT molecular complexity index is 205. The molecule has 1 atom stereocenters. The summed E-state index contributed by atoms with van der Waals surface area (Å²) >= 11 is 0. The predicted octanol–water partition coefficient (Wildman–Crippen LogP) is 2.02. The summed E-state index contributed by atoms with van der Waals surface area (Å²) in [4.78, 5) is 0. The summed E-state index contributed by atoms with van der Waals surface area (Å²) in [5.41, 5.74) is 5.47. The SMILES string of the molecule is CC(C)[C@@H](N)B1OC(C)(C)C(C)(C)O1.Cl. The first-order valence-electron chi connectivity index (χ1n) is 5.28. The van der Waals surface area contributed by atoms with Crippen LogP contribution in [0, 0.1) is 5.92 Å². The Morgan fingerprint density at radius 2 is 1.33 bits per heavy atom. The number of halogens is 1. The minimum Gasteiger partial charge on any atom is -0.402 e. The second kappa shape index (κ2) is 4.62. The fraction of sp³-hybridized carbons (Fsp3) is 1.00. The maximum atomic E-state index is 6.01. The van der Waals surface area contributed by atoms with Gasteiger partial charge < -0.3 is 15.0 Å². The average molecular weight is 236 g/mol. The van der Waals surface area contributed by atoms with Crippen molar-refractivity contribution in [3.63, 3.8) is 0 Å². The van der Waals surface area contributed by atoms with Crippen molar-refractivity contribution >= 4 is 19.5 Å². The Balaban J connectivity index is 0.00000196. The van der Waals surface area contributed by atoms with Crippen LogP contribution in [0.3, 0.4) is 0 Å². The highest BCUT2D eigenvalue weighted by Crippen LogP contribution is 2.37. The Kier molecular flexibility index (Phi) is 4.69. The maximum Gasteiger partial charge on any atom is 0.476 e. The van der Waals surface area contributed by atoms with E-state index < -0.39 is 0 Å². The van der Waals surface area contributed by atoms with Gasteiger partial charge in [-0.2, -0.15) is 0 Å². The van der Waals surface area contributed by atoms with E-state index in [1.807, 2.05) is 27.7 Å². The van der Waals surface area contributed by atoms with E-state index in [1.165, 1.54) is 0 Å². The van der Waals surface area contributed by atoms with Gasteiger partial charge in [-0.1, -0.05) is 13.8 Å². The second-order valence-electron chi connectivity index (χ2n) is 5.45. The molecule has 0 radical (unpaired) electrons. The first kappa shape index (κ1) is 15.2. The summed E-state index contributed by atoms with van der Waals surface area (Å²) in [6.07, 6.45) is 0. The Hall–Kier alpha value is 0.235. The zero-order valence-corrected chi connectivity index (χ0v) is 11.4. The maximum absolute atomic E-state index is 6.01. The molecule has 3 nitrogen and oxygen atoms in total. The molecule has 1 rings (SSSR count). The van der Waals surface area contributed by atoms with Crippen LogP contribution in [-0.2, 0) is 9.31 Å². The van der Waals surface area contributed by atoms with E-state index in [0.717, 1.165) is 0 Å². The zero-order valence-electron chi connectivity index (χ0n) is 10.5. The van der Waals surface area contributed by atoms with Gasteiger partial charge in [-0.05, 0) is 33.6 Å². The molecule has 90 valence electrons. The van der Waals surface area contributed by atoms with Crippen molar-refractivity contribution in [1.29, 1.82) is 0 Å². The molecule has 1 aliphatic rings. The van der Waals surface area contributed by atoms with Crippen LogP contribution >= 0.6 is 12.4 Å². The second-order valence-corrected chi connectivity index (χ2v) is 5.45. The molecule has 1 aliphatic heterocycles. The van der Waals surface area contributed by atoms with Crippen LogP contribution in [-0.4, -0.2) is 24.3 Å². The molecular weight excluding hydrogens is 212 g/mol. The van der Waals surface area contributed by atoms with Gasteiger partial charge in [0.2, 0.25) is 0 Å². The van der Waals surface area contributed by atoms with E-state index in [1.54, 1.807) is 0 Å². The highest BCUT2D eigenvalue weighted by atomic mass is 35.5. The lowest BCUT2D eigenvalue weighted by molar-refractivity contribution is 0.00578. The third-order valence-electron chi connectivity index (χ3n) is 3.36. The van der Waals surface area contributed by atoms with Crippen LogP contribution in [0.15, 0.2) is 0 Å². The highest BCUT2D eigenvalue weighted by molar-refractivity contribution is 6.47. The van der Waals surface area contributed by atoms with Crippen molar-refractivity contribution in [3.8, 4) is 0 Å². The zero-order chi connectivity index (χ0) is 11.1. The summed E-state index contributed by atoms with van der Waals surface area (Å²) in [5, 5.41) is 0. The summed E-state index contributed by atoms with van der Waals surface area (Å²) < 4.78 is 11.7. The summed E-state index contributed by atoms with van der Waals surface area (Å²) in [6, 6.07) is 0. The highest BCUT2D eigenvalue weighted by Gasteiger charge is 2.53. The van der Waals surface area contributed by atoms with Crippen LogP contribution < -0.4 is 5.73 Å². The van der Waals surface area contributed by atoms with Gasteiger partial charge in [-0.25, -0.2) is 0 Å². The average Bonchev–Trinajstić information content (AvgIpc) is 2.20. The van der Waals surface area contributed by atoms with E-state index in [0.29, 0.717) is 5.92 Å². The van der Waals surface area contributed by atoms with Crippen molar-refractivity contribution in [2.24, 2.45) is 11.7 Å². The minimum absolute atomic E-state index is 0. The lowest BCUT2D eigenvalue weighted by atomic mass is 9.73. The van der Waals surface area contributed by atoms with Crippen molar-refractivity contribution in [2.75, 3.05) is 0 Å². The van der Waals surface area contributed by atoms with Gasteiger partial charge in [0.25, 0.3) is 0 Å². The Labute approximate surface area is 99.6 Å². The van der Waals surface area contributed by atoms with Gasteiger partial charge in [0.05, 0.1) is 11.2 Å². The van der Waals surface area contributed by atoms with Gasteiger partial charge >= 0.3 is 7.12 Å². The number of nitrogens with two attached hydrogens (primary N) is 1. The van der Waals surface area contributed by atoms with E-state index in [-0.39, 0.29) is 36.7 Å². The van der Waals surface area contributed by atoms with Crippen molar-refractivity contribution in [2.45, 2.75) is 58.7 Å². The molecule has 0 aliphatic carbocycles. The molecule has 1 fully saturated rings. The largest absolute Gasteiger partial charge is 0.476 e. The van der Waals surface area contributed by atoms with Crippen LogP contribution in [0.1, 0.15) is 41.5 Å². The summed E-state index contributed by atoms with van der Waals surface area (Å²) in [7, 11) is -0.278. The van der Waals surface area contributed by atoms with Gasteiger partial charge in [-0.3, -0.25) is 0 Å². The molecule has 0 bridgehead atoms. The van der Waals surface area contributed by atoms with E-state index >= 15 is 0 Å². The monoisotopic (exact) mass is 235 g/mol. The molecule has 0 aromatic carbocycles. The lowest BCUT2D eigenvalue weighted by Gasteiger charge is -2.32. The van der Waals surface area contributed by atoms with Crippen LogP contribution in [0.2, 0.25) is 0 Å². The number of hydrogen-bond acceptors (Lipinski definition) is 3. The summed E-state index contributed by atoms with van der Waals surface area (Å²) in [5.74, 6) is 0.306. The molecule has 0 amide bonds. The van der Waals surface area contributed by atoms with Crippen LogP contribution in [0.5, 0.6) is 0 Å². The van der Waals surface area contributed by atoms with Gasteiger partial charge in [-0.15, -0.1) is 12.4 Å². The molecule has 0 aromatic heterocycles. The van der Waals surface area contributed by atoms with Gasteiger partial charge in [0.1, 0.15) is 0 Å². The fourth-order valence-electron chi connectivity index (χ4n) is 1.36. The molecular formula is C10H23BClNO2. The molecule has 0 unspecified atom stereocenters. The van der Waals surface area contributed by atoms with Crippen LogP contribution in [0.4, 0.5) is 0 Å². The first-order chi connectivity index (χ1) is 6.17. The van der Waals surface area contributed by atoms with E-state index in [9.17, 15) is 0 Å². The minimum atomic E-state index is -0.278. The standard InChI is InChI=1S/C10H22BNO2.ClH/c1-7(2)8(12)11-13-9(3,4)10(5,6)14-11;/h7-8H,12H2,1-6H3;1H/t8-;/m1./s1. The topological polar surface area (TPSA) is 44.5 Å². The molecule has 15 heavy (non-hydrogen) atoms. The van der Waals surface area contributed by atoms with Crippen molar-refractivity contribution in [1.82, 2.24) is 0 Å². The summed E-state index contributed by atoms with van der Waals surface area (Å²) in [6.45, 7) is 12.3. The molecule has 1 heterocycles. The van der Waals surface area contributed by atoms with Crippen LogP contribution in [0.25, 0.3) is 0 Å². The molecule has 5 heteroatoms. The van der Waals surface area contributed by atoms with Crippen molar-refractivity contribution < 1.29 is 9.31 Å². The molecule has 2 N–H and O–H groups in total. The molecule has 0 saturated carbocycles. The molecule has 1 saturated heterocycles. The first-order valence-corrected chi connectivity index (χ1v) is 5.28. The third kappa shape index (κ3) is 2.87. The van der Waals surface area contributed by atoms with Gasteiger partial charge in [0, 0.05) is 5.94 Å². The molecule has 0 spiro atoms. The fourth-order valence-corrected chi connectivity index (χ4v) is 1.36. The Morgan fingerprint density at radius 3 is 1.60 bits per heavy atom. The predicted molar refractivity (Wildman–Crippen MR) is 66.1 cm³/mol. The third-order valence-corrected chi connectivity index (χ3v) is 3.36. The van der Waals surface area contributed by atoms with E-state index in [4.69, 9.17) is 15.0 Å². The van der Waals surface area contributed by atoms with Crippen molar-refractivity contribution in [3.05, 3.63) is 0 Å². The quantitative estimate of drug-likeness (QED) is 0.745. The normalized spacial score (nSPS) is 25.2. The van der Waals surface area contributed by atoms with Gasteiger partial charge in [0.15, 0.2) is 0 Å². The Morgan fingerprint density at radius 1 is 1.00 bits per heavy atom. The smallest absolute Gasteiger partial charge is 0.402 e. The lowest BCUT2D eigenvalue weighted by Crippen LogP contribution is -2.45. The molecule has 0 aromatic rings.